The Morgan fingerprint density at radius 1 is 1.38 bits per heavy atom. The molecule has 7 heteroatoms. The van der Waals surface area contributed by atoms with Gasteiger partial charge < -0.3 is 20.6 Å². The zero-order valence-electron chi connectivity index (χ0n) is 13.5. The molecule has 1 saturated heterocycles. The number of piperazine rings is 1. The van der Waals surface area contributed by atoms with Gasteiger partial charge in [0, 0.05) is 33.3 Å². The van der Waals surface area contributed by atoms with E-state index < -0.39 is 5.60 Å². The number of hydrogen-bond donors (Lipinski definition) is 2. The Labute approximate surface area is 126 Å². The van der Waals surface area contributed by atoms with Gasteiger partial charge in [-0.15, -0.1) is 0 Å². The van der Waals surface area contributed by atoms with Crippen molar-refractivity contribution in [2.24, 2.45) is 10.9 Å². The number of nitrogens with two attached hydrogens (primary N) is 1. The van der Waals surface area contributed by atoms with Crippen molar-refractivity contribution in [2.75, 3.05) is 33.3 Å². The maximum atomic E-state index is 12.5. The van der Waals surface area contributed by atoms with E-state index in [2.05, 4.69) is 10.1 Å². The number of hydrogen-bond acceptors (Lipinski definition) is 5. The summed E-state index contributed by atoms with van der Waals surface area (Å²) in [5.41, 5.74) is 4.97. The molecule has 0 aliphatic carbocycles. The third-order valence-electron chi connectivity index (χ3n) is 4.46. The maximum absolute atomic E-state index is 12.5. The lowest BCUT2D eigenvalue weighted by Crippen LogP contribution is -2.58. The molecule has 2 atom stereocenters. The molecular formula is C14H28N4O3. The maximum Gasteiger partial charge on any atom is 0.254 e. The Kier molecular flexibility index (Phi) is 6.42. The van der Waals surface area contributed by atoms with Crippen LogP contribution in [0.1, 0.15) is 33.6 Å². The molecule has 0 bridgehead atoms. The molecule has 0 radical (unpaired) electrons. The van der Waals surface area contributed by atoms with Crippen molar-refractivity contribution in [3.63, 3.8) is 0 Å². The van der Waals surface area contributed by atoms with Gasteiger partial charge in [-0.25, -0.2) is 0 Å². The highest BCUT2D eigenvalue weighted by Crippen LogP contribution is 2.19. The molecule has 1 aliphatic heterocycles. The molecule has 0 aromatic rings. The van der Waals surface area contributed by atoms with Crippen LogP contribution in [0, 0.1) is 0 Å². The number of ether oxygens (including phenoxy) is 1. The third-order valence-corrected chi connectivity index (χ3v) is 4.46. The first kappa shape index (κ1) is 17.7. The Bertz CT molecular complexity index is 374. The van der Waals surface area contributed by atoms with Crippen molar-refractivity contribution in [1.82, 2.24) is 9.80 Å². The van der Waals surface area contributed by atoms with Crippen molar-refractivity contribution in [3.05, 3.63) is 0 Å². The first-order valence-electron chi connectivity index (χ1n) is 7.49. The fraction of sp³-hybridized carbons (Fsp3) is 0.857. The molecule has 0 aromatic heterocycles. The minimum Gasteiger partial charge on any atom is -0.409 e. The van der Waals surface area contributed by atoms with E-state index in [4.69, 9.17) is 15.7 Å². The standard InChI is InChI=1S/C14H28N4O3/c1-5-11(12(15)16-20)17-7-9-18(10-8-17)13(19)14(3,6-2)21-4/h11,20H,5-10H2,1-4H3,(H2,15,16). The molecule has 1 fully saturated rings. The summed E-state index contributed by atoms with van der Waals surface area (Å²) in [6.07, 6.45) is 1.42. The van der Waals surface area contributed by atoms with Crippen LogP contribution in [0.4, 0.5) is 0 Å². The van der Waals surface area contributed by atoms with Crippen LogP contribution < -0.4 is 5.73 Å². The fourth-order valence-corrected chi connectivity index (χ4v) is 2.68. The van der Waals surface area contributed by atoms with Crippen LogP contribution in [0.3, 0.4) is 0 Å². The van der Waals surface area contributed by atoms with E-state index in [9.17, 15) is 4.79 Å². The van der Waals surface area contributed by atoms with E-state index in [1.807, 2.05) is 25.7 Å². The molecule has 3 N–H and O–H groups in total. The Hall–Kier alpha value is -1.34. The second-order valence-corrected chi connectivity index (χ2v) is 5.57. The average Bonchev–Trinajstić information content (AvgIpc) is 2.54. The molecule has 1 amide bonds. The monoisotopic (exact) mass is 300 g/mol. The number of methoxy groups -OCH3 is 1. The highest BCUT2D eigenvalue weighted by molar-refractivity contribution is 5.86. The summed E-state index contributed by atoms with van der Waals surface area (Å²) >= 11 is 0. The van der Waals surface area contributed by atoms with Gasteiger partial charge in [-0.2, -0.15) is 0 Å². The number of carbonyl (C=O) groups is 1. The Morgan fingerprint density at radius 3 is 2.33 bits per heavy atom. The number of rotatable bonds is 6. The van der Waals surface area contributed by atoms with Gasteiger partial charge in [0.1, 0.15) is 5.60 Å². The molecule has 1 aliphatic rings. The zero-order chi connectivity index (χ0) is 16.0. The normalized spacial score (nSPS) is 21.9. The highest BCUT2D eigenvalue weighted by Gasteiger charge is 2.37. The molecule has 1 heterocycles. The van der Waals surface area contributed by atoms with Gasteiger partial charge in [0.05, 0.1) is 6.04 Å². The lowest BCUT2D eigenvalue weighted by Gasteiger charge is -2.41. The second kappa shape index (κ2) is 7.61. The molecule has 7 nitrogen and oxygen atoms in total. The van der Waals surface area contributed by atoms with Gasteiger partial charge in [-0.3, -0.25) is 9.69 Å². The van der Waals surface area contributed by atoms with Crippen LogP contribution in [0.15, 0.2) is 5.16 Å². The smallest absolute Gasteiger partial charge is 0.254 e. The van der Waals surface area contributed by atoms with Crippen molar-refractivity contribution < 1.29 is 14.7 Å². The molecule has 0 spiro atoms. The minimum absolute atomic E-state index is 0.0315. The first-order valence-corrected chi connectivity index (χ1v) is 7.49. The summed E-state index contributed by atoms with van der Waals surface area (Å²) in [5.74, 6) is 0.261. The number of oxime groups is 1. The SMILES string of the molecule is CCC(C(N)=NO)N1CCN(C(=O)C(C)(CC)OC)CC1. The van der Waals surface area contributed by atoms with Gasteiger partial charge >= 0.3 is 0 Å². The summed E-state index contributed by atoms with van der Waals surface area (Å²) in [7, 11) is 1.57. The summed E-state index contributed by atoms with van der Waals surface area (Å²) in [6, 6.07) is -0.0766. The molecule has 21 heavy (non-hydrogen) atoms. The van der Waals surface area contributed by atoms with Gasteiger partial charge in [0.15, 0.2) is 5.84 Å². The highest BCUT2D eigenvalue weighted by atomic mass is 16.5. The predicted octanol–water partition coefficient (Wildman–Crippen LogP) is 0.471. The van der Waals surface area contributed by atoms with Gasteiger partial charge in [-0.1, -0.05) is 19.0 Å². The summed E-state index contributed by atoms with van der Waals surface area (Å²) < 4.78 is 5.38. The molecule has 1 rings (SSSR count). The largest absolute Gasteiger partial charge is 0.409 e. The van der Waals surface area contributed by atoms with Gasteiger partial charge in [0.25, 0.3) is 5.91 Å². The van der Waals surface area contributed by atoms with Crippen molar-refractivity contribution >= 4 is 11.7 Å². The summed E-state index contributed by atoms with van der Waals surface area (Å²) in [5, 5.41) is 11.9. The summed E-state index contributed by atoms with van der Waals surface area (Å²) in [6.45, 7) is 8.46. The van der Waals surface area contributed by atoms with Crippen molar-refractivity contribution in [2.45, 2.75) is 45.3 Å². The van der Waals surface area contributed by atoms with E-state index in [0.717, 1.165) is 6.42 Å². The Balaban J connectivity index is 2.65. The zero-order valence-corrected chi connectivity index (χ0v) is 13.5. The first-order chi connectivity index (χ1) is 9.93. The summed E-state index contributed by atoms with van der Waals surface area (Å²) in [4.78, 5) is 16.5. The van der Waals surface area contributed by atoms with E-state index >= 15 is 0 Å². The van der Waals surface area contributed by atoms with E-state index in [-0.39, 0.29) is 17.8 Å². The fourth-order valence-electron chi connectivity index (χ4n) is 2.68. The van der Waals surface area contributed by atoms with Crippen LogP contribution in [-0.4, -0.2) is 71.7 Å². The Morgan fingerprint density at radius 2 is 1.95 bits per heavy atom. The lowest BCUT2D eigenvalue weighted by atomic mass is 10.0. The second-order valence-electron chi connectivity index (χ2n) is 5.57. The predicted molar refractivity (Wildman–Crippen MR) is 81.3 cm³/mol. The number of nitrogens with zero attached hydrogens (tertiary/aromatic N) is 3. The van der Waals surface area contributed by atoms with Crippen LogP contribution >= 0.6 is 0 Å². The van der Waals surface area contributed by atoms with E-state index in [0.29, 0.717) is 32.6 Å². The van der Waals surface area contributed by atoms with Crippen molar-refractivity contribution in [3.8, 4) is 0 Å². The van der Waals surface area contributed by atoms with Gasteiger partial charge in [-0.05, 0) is 19.8 Å². The minimum atomic E-state index is -0.752. The van der Waals surface area contributed by atoms with Crippen molar-refractivity contribution in [1.29, 1.82) is 0 Å². The quantitative estimate of drug-likeness (QED) is 0.322. The van der Waals surface area contributed by atoms with Crippen LogP contribution in [0.2, 0.25) is 0 Å². The molecule has 0 saturated carbocycles. The number of amidine groups is 1. The molecule has 0 aromatic carbocycles. The van der Waals surface area contributed by atoms with Crippen LogP contribution in [0.25, 0.3) is 0 Å². The average molecular weight is 300 g/mol. The number of amides is 1. The third kappa shape index (κ3) is 3.85. The molecular weight excluding hydrogens is 272 g/mol. The van der Waals surface area contributed by atoms with Crippen LogP contribution in [0.5, 0.6) is 0 Å². The van der Waals surface area contributed by atoms with Crippen LogP contribution in [-0.2, 0) is 9.53 Å². The molecule has 122 valence electrons. The van der Waals surface area contributed by atoms with E-state index in [1.165, 1.54) is 0 Å². The molecule has 2 unspecified atom stereocenters. The van der Waals surface area contributed by atoms with Gasteiger partial charge in [0.2, 0.25) is 0 Å². The topological polar surface area (TPSA) is 91.4 Å². The lowest BCUT2D eigenvalue weighted by molar-refractivity contribution is -0.155. The van der Waals surface area contributed by atoms with E-state index in [1.54, 1.807) is 7.11 Å². The number of carbonyl (C=O) groups excluding carboxylic acids is 1.